The van der Waals surface area contributed by atoms with Crippen LogP contribution in [0.25, 0.3) is 0 Å². The molecule has 2 rings (SSSR count). The molecular formula is C8H15NO. The summed E-state index contributed by atoms with van der Waals surface area (Å²) < 4.78 is 5.14. The molecule has 2 heteroatoms. The predicted octanol–water partition coefficient (Wildman–Crippen LogP) is 0.773. The summed E-state index contributed by atoms with van der Waals surface area (Å²) in [5.74, 6) is 0.809. The quantitative estimate of drug-likeness (QED) is 0.613. The normalized spacial score (nSPS) is 44.7. The monoisotopic (exact) mass is 141 g/mol. The first kappa shape index (κ1) is 6.62. The number of methoxy groups -OCH3 is 1. The predicted molar refractivity (Wildman–Crippen MR) is 39.9 cm³/mol. The minimum absolute atomic E-state index is 0.782. The molecule has 58 valence electrons. The van der Waals surface area contributed by atoms with E-state index in [0.717, 1.165) is 24.6 Å². The molecule has 0 amide bonds. The largest absolute Gasteiger partial charge is 0.384 e. The van der Waals surface area contributed by atoms with Gasteiger partial charge in [0, 0.05) is 19.2 Å². The molecule has 2 saturated heterocycles. The Morgan fingerprint density at radius 1 is 1.50 bits per heavy atom. The van der Waals surface area contributed by atoms with Gasteiger partial charge in [0.2, 0.25) is 0 Å². The Morgan fingerprint density at radius 3 is 2.90 bits per heavy atom. The van der Waals surface area contributed by atoms with Crippen LogP contribution in [0.3, 0.4) is 0 Å². The Hall–Kier alpha value is -0.0800. The Balaban J connectivity index is 1.90. The van der Waals surface area contributed by atoms with Crippen molar-refractivity contribution in [3.05, 3.63) is 0 Å². The molecule has 3 atom stereocenters. The van der Waals surface area contributed by atoms with Crippen molar-refractivity contribution in [3.8, 4) is 0 Å². The number of nitrogens with one attached hydrogen (secondary N) is 1. The molecule has 0 aromatic heterocycles. The summed E-state index contributed by atoms with van der Waals surface area (Å²) in [7, 11) is 1.80. The number of fused-ring (bicyclic) bond motifs is 2. The highest BCUT2D eigenvalue weighted by atomic mass is 16.5. The molecule has 10 heavy (non-hydrogen) atoms. The summed E-state index contributed by atoms with van der Waals surface area (Å²) in [4.78, 5) is 0. The van der Waals surface area contributed by atoms with Crippen LogP contribution in [-0.2, 0) is 4.74 Å². The maximum atomic E-state index is 5.14. The van der Waals surface area contributed by atoms with E-state index in [9.17, 15) is 0 Å². The summed E-state index contributed by atoms with van der Waals surface area (Å²) in [6, 6.07) is 1.61. The second-order valence-corrected chi connectivity index (χ2v) is 3.50. The molecule has 2 fully saturated rings. The van der Waals surface area contributed by atoms with Gasteiger partial charge in [-0.15, -0.1) is 0 Å². The lowest BCUT2D eigenvalue weighted by Gasteiger charge is -2.18. The number of rotatable bonds is 2. The van der Waals surface area contributed by atoms with Crippen LogP contribution in [0, 0.1) is 5.92 Å². The molecule has 1 N–H and O–H groups in total. The third kappa shape index (κ3) is 0.956. The van der Waals surface area contributed by atoms with Crippen molar-refractivity contribution in [1.29, 1.82) is 0 Å². The standard InChI is InChI=1S/C8H15NO/c1-10-5-6-4-7-2-3-8(6)9-7/h6-9H,2-5H2,1H3. The van der Waals surface area contributed by atoms with Gasteiger partial charge in [0.05, 0.1) is 6.61 Å². The van der Waals surface area contributed by atoms with Gasteiger partial charge in [-0.05, 0) is 25.2 Å². The van der Waals surface area contributed by atoms with E-state index < -0.39 is 0 Å². The van der Waals surface area contributed by atoms with Gasteiger partial charge in [-0.2, -0.15) is 0 Å². The smallest absolute Gasteiger partial charge is 0.0505 e. The first-order chi connectivity index (χ1) is 4.90. The van der Waals surface area contributed by atoms with Crippen LogP contribution < -0.4 is 5.32 Å². The third-order valence-corrected chi connectivity index (χ3v) is 2.81. The van der Waals surface area contributed by atoms with Crippen LogP contribution in [0.15, 0.2) is 0 Å². The van der Waals surface area contributed by atoms with E-state index in [2.05, 4.69) is 5.32 Å². The summed E-state index contributed by atoms with van der Waals surface area (Å²) in [5.41, 5.74) is 0. The summed E-state index contributed by atoms with van der Waals surface area (Å²) in [5, 5.41) is 3.58. The van der Waals surface area contributed by atoms with Gasteiger partial charge >= 0.3 is 0 Å². The van der Waals surface area contributed by atoms with Crippen molar-refractivity contribution in [2.45, 2.75) is 31.3 Å². The van der Waals surface area contributed by atoms with Crippen LogP contribution >= 0.6 is 0 Å². The van der Waals surface area contributed by atoms with E-state index in [4.69, 9.17) is 4.74 Å². The summed E-state index contributed by atoms with van der Waals surface area (Å²) in [6.45, 7) is 0.953. The number of hydrogen-bond acceptors (Lipinski definition) is 2. The maximum Gasteiger partial charge on any atom is 0.0505 e. The lowest BCUT2D eigenvalue weighted by atomic mass is 9.90. The second-order valence-electron chi connectivity index (χ2n) is 3.50. The van der Waals surface area contributed by atoms with E-state index in [1.54, 1.807) is 7.11 Å². The van der Waals surface area contributed by atoms with Crippen LogP contribution in [0.2, 0.25) is 0 Å². The van der Waals surface area contributed by atoms with Crippen molar-refractivity contribution in [2.24, 2.45) is 5.92 Å². The molecule has 2 aliphatic heterocycles. The van der Waals surface area contributed by atoms with Crippen molar-refractivity contribution in [1.82, 2.24) is 5.32 Å². The first-order valence-corrected chi connectivity index (χ1v) is 4.15. The second kappa shape index (κ2) is 2.51. The molecule has 2 bridgehead atoms. The van der Waals surface area contributed by atoms with Gasteiger partial charge in [-0.3, -0.25) is 0 Å². The Bertz CT molecular complexity index is 126. The highest BCUT2D eigenvalue weighted by Gasteiger charge is 2.38. The zero-order chi connectivity index (χ0) is 6.97. The highest BCUT2D eigenvalue weighted by molar-refractivity contribution is 4.96. The van der Waals surface area contributed by atoms with Crippen molar-refractivity contribution >= 4 is 0 Å². The molecule has 0 saturated carbocycles. The van der Waals surface area contributed by atoms with Gasteiger partial charge in [0.15, 0.2) is 0 Å². The summed E-state index contributed by atoms with van der Waals surface area (Å²) >= 11 is 0. The molecular weight excluding hydrogens is 126 g/mol. The number of hydrogen-bond donors (Lipinski definition) is 1. The molecule has 2 heterocycles. The fourth-order valence-electron chi connectivity index (χ4n) is 2.34. The molecule has 3 unspecified atom stereocenters. The Labute approximate surface area is 61.9 Å². The van der Waals surface area contributed by atoms with Crippen molar-refractivity contribution in [3.63, 3.8) is 0 Å². The van der Waals surface area contributed by atoms with E-state index in [1.165, 1.54) is 19.3 Å². The molecule has 0 radical (unpaired) electrons. The Morgan fingerprint density at radius 2 is 2.40 bits per heavy atom. The highest BCUT2D eigenvalue weighted by Crippen LogP contribution is 2.32. The van der Waals surface area contributed by atoms with E-state index in [-0.39, 0.29) is 0 Å². The molecule has 2 aliphatic rings. The third-order valence-electron chi connectivity index (χ3n) is 2.81. The van der Waals surface area contributed by atoms with Crippen molar-refractivity contribution in [2.75, 3.05) is 13.7 Å². The molecule has 0 spiro atoms. The van der Waals surface area contributed by atoms with Crippen LogP contribution in [-0.4, -0.2) is 25.8 Å². The van der Waals surface area contributed by atoms with Gasteiger partial charge < -0.3 is 10.1 Å². The molecule has 0 aromatic carbocycles. The van der Waals surface area contributed by atoms with E-state index >= 15 is 0 Å². The summed E-state index contributed by atoms with van der Waals surface area (Å²) in [6.07, 6.45) is 4.11. The zero-order valence-electron chi connectivity index (χ0n) is 6.47. The zero-order valence-corrected chi connectivity index (χ0v) is 6.47. The van der Waals surface area contributed by atoms with Gasteiger partial charge in [0.1, 0.15) is 0 Å². The van der Waals surface area contributed by atoms with E-state index in [1.807, 2.05) is 0 Å². The van der Waals surface area contributed by atoms with Crippen LogP contribution in [0.5, 0.6) is 0 Å². The van der Waals surface area contributed by atoms with Crippen LogP contribution in [0.4, 0.5) is 0 Å². The lowest BCUT2D eigenvalue weighted by Crippen LogP contribution is -2.25. The van der Waals surface area contributed by atoms with Gasteiger partial charge in [-0.25, -0.2) is 0 Å². The van der Waals surface area contributed by atoms with Gasteiger partial charge in [0.25, 0.3) is 0 Å². The lowest BCUT2D eigenvalue weighted by molar-refractivity contribution is 0.139. The van der Waals surface area contributed by atoms with Gasteiger partial charge in [-0.1, -0.05) is 0 Å². The maximum absolute atomic E-state index is 5.14. The average Bonchev–Trinajstić information content (AvgIpc) is 2.48. The number of ether oxygens (including phenoxy) is 1. The Kier molecular flexibility index (Phi) is 1.66. The first-order valence-electron chi connectivity index (χ1n) is 4.15. The molecule has 2 nitrogen and oxygen atoms in total. The topological polar surface area (TPSA) is 21.3 Å². The van der Waals surface area contributed by atoms with Crippen LogP contribution in [0.1, 0.15) is 19.3 Å². The minimum atomic E-state index is 0.782. The van der Waals surface area contributed by atoms with Crippen molar-refractivity contribution < 1.29 is 4.74 Å². The minimum Gasteiger partial charge on any atom is -0.384 e. The molecule has 0 aromatic rings. The van der Waals surface area contributed by atoms with E-state index in [0.29, 0.717) is 0 Å². The fraction of sp³-hybridized carbons (Fsp3) is 1.00. The SMILES string of the molecule is COCC1CC2CCC1N2. The fourth-order valence-corrected chi connectivity index (χ4v) is 2.34. The molecule has 0 aliphatic carbocycles. The average molecular weight is 141 g/mol.